The van der Waals surface area contributed by atoms with Gasteiger partial charge in [-0.15, -0.1) is 0 Å². The Labute approximate surface area is 105 Å². The molecule has 0 aromatic heterocycles. The first-order valence-corrected chi connectivity index (χ1v) is 6.07. The van der Waals surface area contributed by atoms with Gasteiger partial charge < -0.3 is 10.6 Å². The smallest absolute Gasteiger partial charge is 0.259 e. The Morgan fingerprint density at radius 2 is 2.06 bits per heavy atom. The summed E-state index contributed by atoms with van der Waals surface area (Å²) in [5.74, 6) is -1.83. The van der Waals surface area contributed by atoms with Crippen LogP contribution < -0.4 is 5.73 Å². The van der Waals surface area contributed by atoms with Gasteiger partial charge in [0, 0.05) is 13.1 Å². The van der Waals surface area contributed by atoms with Gasteiger partial charge in [-0.25, -0.2) is 8.78 Å². The van der Waals surface area contributed by atoms with Crippen molar-refractivity contribution in [1.29, 1.82) is 0 Å². The topological polar surface area (TPSA) is 46.3 Å². The fourth-order valence-electron chi connectivity index (χ4n) is 2.35. The summed E-state index contributed by atoms with van der Waals surface area (Å²) in [6.07, 6.45) is 1.68. The van der Waals surface area contributed by atoms with Gasteiger partial charge >= 0.3 is 0 Å². The maximum atomic E-state index is 13.5. The zero-order valence-electron chi connectivity index (χ0n) is 10.0. The molecule has 1 fully saturated rings. The number of carbonyl (C=O) groups excluding carboxylic acids is 1. The van der Waals surface area contributed by atoms with E-state index in [1.54, 1.807) is 0 Å². The Balaban J connectivity index is 2.13. The normalized spacial score (nSPS) is 19.3. The second-order valence-corrected chi connectivity index (χ2v) is 4.58. The molecule has 18 heavy (non-hydrogen) atoms. The molecule has 1 aromatic carbocycles. The molecule has 1 amide bonds. The number of benzene rings is 1. The number of nitrogens with two attached hydrogens (primary N) is 1. The first kappa shape index (κ1) is 13.0. The number of halogens is 2. The molecule has 0 saturated carbocycles. The first-order chi connectivity index (χ1) is 8.63. The van der Waals surface area contributed by atoms with Crippen LogP contribution in [0.4, 0.5) is 8.78 Å². The lowest BCUT2D eigenvalue weighted by Crippen LogP contribution is -2.30. The molecule has 1 aromatic rings. The molecule has 1 saturated heterocycles. The van der Waals surface area contributed by atoms with E-state index in [9.17, 15) is 13.6 Å². The summed E-state index contributed by atoms with van der Waals surface area (Å²) in [5.41, 5.74) is 5.01. The lowest BCUT2D eigenvalue weighted by Gasteiger charge is -2.17. The molecule has 1 heterocycles. The van der Waals surface area contributed by atoms with E-state index in [0.29, 0.717) is 25.6 Å². The number of amides is 1. The largest absolute Gasteiger partial charge is 0.338 e. The summed E-state index contributed by atoms with van der Waals surface area (Å²) < 4.78 is 27.0. The van der Waals surface area contributed by atoms with Gasteiger partial charge in [0.1, 0.15) is 17.2 Å². The van der Waals surface area contributed by atoms with Crippen molar-refractivity contribution in [3.05, 3.63) is 35.4 Å². The molecule has 0 bridgehead atoms. The molecule has 0 aliphatic carbocycles. The van der Waals surface area contributed by atoms with E-state index in [0.717, 1.165) is 25.0 Å². The van der Waals surface area contributed by atoms with Gasteiger partial charge in [0.15, 0.2) is 0 Å². The maximum Gasteiger partial charge on any atom is 0.259 e. The van der Waals surface area contributed by atoms with Crippen molar-refractivity contribution in [3.8, 4) is 0 Å². The van der Waals surface area contributed by atoms with E-state index >= 15 is 0 Å². The summed E-state index contributed by atoms with van der Waals surface area (Å²) in [7, 11) is 0. The summed E-state index contributed by atoms with van der Waals surface area (Å²) in [5, 5.41) is 0. The third-order valence-electron chi connectivity index (χ3n) is 3.32. The Kier molecular flexibility index (Phi) is 3.91. The molecule has 1 unspecified atom stereocenters. The molecule has 2 rings (SSSR count). The van der Waals surface area contributed by atoms with Crippen molar-refractivity contribution < 1.29 is 13.6 Å². The third kappa shape index (κ3) is 2.51. The van der Waals surface area contributed by atoms with Crippen LogP contribution in [0.2, 0.25) is 0 Å². The molecule has 2 N–H and O–H groups in total. The number of nitrogens with zero attached hydrogens (tertiary/aromatic N) is 1. The minimum absolute atomic E-state index is 0.341. The van der Waals surface area contributed by atoms with Gasteiger partial charge in [-0.2, -0.15) is 0 Å². The first-order valence-electron chi connectivity index (χ1n) is 6.07. The second-order valence-electron chi connectivity index (χ2n) is 4.58. The van der Waals surface area contributed by atoms with E-state index in [4.69, 9.17) is 5.73 Å². The lowest BCUT2D eigenvalue weighted by atomic mass is 10.1. The fraction of sp³-hybridized carbons (Fsp3) is 0.462. The lowest BCUT2D eigenvalue weighted by molar-refractivity contribution is 0.0777. The van der Waals surface area contributed by atoms with Crippen molar-refractivity contribution in [2.75, 3.05) is 19.6 Å². The molecule has 98 valence electrons. The van der Waals surface area contributed by atoms with Crippen molar-refractivity contribution in [3.63, 3.8) is 0 Å². The predicted octanol–water partition coefficient (Wildman–Crippen LogP) is 1.78. The van der Waals surface area contributed by atoms with Crippen LogP contribution in [0.3, 0.4) is 0 Å². The van der Waals surface area contributed by atoms with Crippen LogP contribution in [0, 0.1) is 17.6 Å². The minimum atomic E-state index is -0.803. The fourth-order valence-corrected chi connectivity index (χ4v) is 2.35. The molecule has 1 aliphatic rings. The summed E-state index contributed by atoms with van der Waals surface area (Å²) >= 11 is 0. The molecule has 0 radical (unpaired) electrons. The number of hydrogen-bond donors (Lipinski definition) is 1. The SMILES string of the molecule is NCCC1CCN(C(=O)c2c(F)cccc2F)C1. The quantitative estimate of drug-likeness (QED) is 0.893. The number of likely N-dealkylation sites (tertiary alicyclic amines) is 1. The average Bonchev–Trinajstić information content (AvgIpc) is 2.78. The molecule has 5 heteroatoms. The van der Waals surface area contributed by atoms with Crippen LogP contribution in [-0.2, 0) is 0 Å². The number of hydrogen-bond acceptors (Lipinski definition) is 2. The van der Waals surface area contributed by atoms with Crippen molar-refractivity contribution in [2.45, 2.75) is 12.8 Å². The van der Waals surface area contributed by atoms with Gasteiger partial charge in [0.2, 0.25) is 0 Å². The van der Waals surface area contributed by atoms with Crippen LogP contribution in [0.15, 0.2) is 18.2 Å². The highest BCUT2D eigenvalue weighted by Gasteiger charge is 2.29. The molecule has 3 nitrogen and oxygen atoms in total. The van der Waals surface area contributed by atoms with Crippen LogP contribution >= 0.6 is 0 Å². The van der Waals surface area contributed by atoms with Crippen molar-refractivity contribution in [1.82, 2.24) is 4.90 Å². The van der Waals surface area contributed by atoms with Crippen molar-refractivity contribution in [2.24, 2.45) is 11.7 Å². The number of rotatable bonds is 3. The van der Waals surface area contributed by atoms with Gasteiger partial charge in [-0.3, -0.25) is 4.79 Å². The Bertz CT molecular complexity index is 430. The van der Waals surface area contributed by atoms with Gasteiger partial charge in [0.25, 0.3) is 5.91 Å². The van der Waals surface area contributed by atoms with E-state index in [1.807, 2.05) is 0 Å². The van der Waals surface area contributed by atoms with Crippen LogP contribution in [0.5, 0.6) is 0 Å². The Morgan fingerprint density at radius 1 is 1.39 bits per heavy atom. The average molecular weight is 254 g/mol. The van der Waals surface area contributed by atoms with Crippen LogP contribution in [-0.4, -0.2) is 30.4 Å². The third-order valence-corrected chi connectivity index (χ3v) is 3.32. The Hall–Kier alpha value is -1.49. The van der Waals surface area contributed by atoms with Crippen LogP contribution in [0.1, 0.15) is 23.2 Å². The zero-order chi connectivity index (χ0) is 13.1. The van der Waals surface area contributed by atoms with Gasteiger partial charge in [-0.05, 0) is 37.4 Å². The molecular formula is C13H16F2N2O. The van der Waals surface area contributed by atoms with Crippen LogP contribution in [0.25, 0.3) is 0 Å². The van der Waals surface area contributed by atoms with E-state index in [2.05, 4.69) is 0 Å². The molecular weight excluding hydrogens is 238 g/mol. The van der Waals surface area contributed by atoms with E-state index in [1.165, 1.54) is 11.0 Å². The van der Waals surface area contributed by atoms with Crippen molar-refractivity contribution >= 4 is 5.91 Å². The zero-order valence-corrected chi connectivity index (χ0v) is 10.0. The van der Waals surface area contributed by atoms with E-state index in [-0.39, 0.29) is 0 Å². The molecule has 0 spiro atoms. The highest BCUT2D eigenvalue weighted by Crippen LogP contribution is 2.23. The summed E-state index contributed by atoms with van der Waals surface area (Å²) in [6, 6.07) is 3.45. The summed E-state index contributed by atoms with van der Waals surface area (Å²) in [6.45, 7) is 1.64. The monoisotopic (exact) mass is 254 g/mol. The molecule has 1 atom stereocenters. The van der Waals surface area contributed by atoms with E-state index < -0.39 is 23.1 Å². The number of carbonyl (C=O) groups is 1. The molecule has 1 aliphatic heterocycles. The second kappa shape index (κ2) is 5.44. The highest BCUT2D eigenvalue weighted by atomic mass is 19.1. The summed E-state index contributed by atoms with van der Waals surface area (Å²) in [4.78, 5) is 13.6. The Morgan fingerprint density at radius 3 is 2.67 bits per heavy atom. The standard InChI is InChI=1S/C13H16F2N2O/c14-10-2-1-3-11(15)12(10)13(18)17-7-5-9(8-17)4-6-16/h1-3,9H,4-8,16H2. The minimum Gasteiger partial charge on any atom is -0.338 e. The maximum absolute atomic E-state index is 13.5. The highest BCUT2D eigenvalue weighted by molar-refractivity contribution is 5.94. The van der Waals surface area contributed by atoms with Gasteiger partial charge in [-0.1, -0.05) is 6.07 Å². The predicted molar refractivity (Wildman–Crippen MR) is 64.0 cm³/mol. The van der Waals surface area contributed by atoms with Gasteiger partial charge in [0.05, 0.1) is 0 Å².